The molecule has 0 unspecified atom stereocenters. The number of rotatable bonds is 2. The number of nitrogens with zero attached hydrogens (tertiary/aromatic N) is 4. The van der Waals surface area contributed by atoms with E-state index in [0.29, 0.717) is 21.6 Å². The molecule has 98 valence electrons. The van der Waals surface area contributed by atoms with Crippen LogP contribution >= 0.6 is 11.8 Å². The van der Waals surface area contributed by atoms with Crippen molar-refractivity contribution >= 4 is 17.4 Å². The second-order valence-electron chi connectivity index (χ2n) is 4.63. The van der Waals surface area contributed by atoms with Crippen LogP contribution in [0, 0.1) is 11.3 Å². The number of nitriles is 1. The van der Waals surface area contributed by atoms with Gasteiger partial charge in [0.15, 0.2) is 10.8 Å². The summed E-state index contributed by atoms with van der Waals surface area (Å²) in [4.78, 5) is 18.9. The number of nitrogens with one attached hydrogen (secondary N) is 1. The molecule has 0 bridgehead atoms. The quantitative estimate of drug-likeness (QED) is 0.901. The van der Waals surface area contributed by atoms with E-state index in [1.165, 1.54) is 25.5 Å². The van der Waals surface area contributed by atoms with Crippen LogP contribution in [0.15, 0.2) is 16.1 Å². The molecule has 0 atom stereocenters. The van der Waals surface area contributed by atoms with Crippen molar-refractivity contribution in [2.45, 2.75) is 42.5 Å². The predicted molar refractivity (Wildman–Crippen MR) is 71.1 cm³/mol. The van der Waals surface area contributed by atoms with Gasteiger partial charge in [0.25, 0.3) is 0 Å². The highest BCUT2D eigenvalue weighted by atomic mass is 32.2. The minimum Gasteiger partial charge on any atom is -0.285 e. The van der Waals surface area contributed by atoms with Gasteiger partial charge in [-0.3, -0.25) is 4.98 Å². The third kappa shape index (κ3) is 2.36. The van der Waals surface area contributed by atoms with Crippen molar-refractivity contribution in [1.82, 2.24) is 19.6 Å². The molecule has 2 aromatic rings. The van der Waals surface area contributed by atoms with E-state index in [1.54, 1.807) is 11.8 Å². The third-order valence-electron chi connectivity index (χ3n) is 3.31. The second kappa shape index (κ2) is 5.05. The van der Waals surface area contributed by atoms with Crippen LogP contribution in [-0.4, -0.2) is 24.8 Å². The number of aromatic nitrogens is 4. The lowest BCUT2D eigenvalue weighted by Gasteiger charge is -2.19. The maximum atomic E-state index is 11.9. The van der Waals surface area contributed by atoms with Gasteiger partial charge in [-0.15, -0.1) is 0 Å². The molecule has 1 aliphatic rings. The van der Waals surface area contributed by atoms with Crippen LogP contribution in [-0.2, 0) is 0 Å². The number of aromatic amines is 1. The molecule has 1 saturated carbocycles. The lowest BCUT2D eigenvalue weighted by atomic mass is 10.0. The summed E-state index contributed by atoms with van der Waals surface area (Å²) in [5.41, 5.74) is 0.325. The monoisotopic (exact) mass is 275 g/mol. The highest BCUT2D eigenvalue weighted by Gasteiger charge is 2.17. The minimum absolute atomic E-state index is 0.330. The number of H-pyrrole nitrogens is 1. The molecular weight excluding hydrogens is 262 g/mol. The zero-order valence-corrected chi connectivity index (χ0v) is 11.1. The Morgan fingerprint density at radius 1 is 1.42 bits per heavy atom. The van der Waals surface area contributed by atoms with E-state index < -0.39 is 0 Å². The van der Waals surface area contributed by atoms with Crippen molar-refractivity contribution in [3.8, 4) is 6.07 Å². The molecule has 1 fully saturated rings. The Hall–Kier alpha value is -1.81. The van der Waals surface area contributed by atoms with Crippen LogP contribution in [0.1, 0.15) is 37.7 Å². The second-order valence-corrected chi connectivity index (χ2v) is 5.92. The van der Waals surface area contributed by atoms with Crippen molar-refractivity contribution in [2.75, 3.05) is 0 Å². The molecule has 0 aromatic carbocycles. The minimum atomic E-state index is -0.343. The zero-order chi connectivity index (χ0) is 13.2. The summed E-state index contributed by atoms with van der Waals surface area (Å²) < 4.78 is 1.13. The fourth-order valence-corrected chi connectivity index (χ4v) is 3.51. The average Bonchev–Trinajstić information content (AvgIpc) is 2.83. The molecule has 0 amide bonds. The van der Waals surface area contributed by atoms with Gasteiger partial charge in [0, 0.05) is 5.25 Å². The van der Waals surface area contributed by atoms with Gasteiger partial charge in [0.2, 0.25) is 0 Å². The van der Waals surface area contributed by atoms with Crippen molar-refractivity contribution in [3.05, 3.63) is 22.2 Å². The number of hydrogen-bond acceptors (Lipinski definition) is 5. The molecule has 2 heterocycles. The summed E-state index contributed by atoms with van der Waals surface area (Å²) in [6.07, 6.45) is 7.45. The van der Waals surface area contributed by atoms with Crippen molar-refractivity contribution < 1.29 is 0 Å². The average molecular weight is 275 g/mol. The molecule has 7 heteroatoms. The summed E-state index contributed by atoms with van der Waals surface area (Å²) in [7, 11) is 0. The summed E-state index contributed by atoms with van der Waals surface area (Å²) in [6, 6.07) is 2.00. The molecule has 0 aliphatic heterocycles. The lowest BCUT2D eigenvalue weighted by molar-refractivity contribution is 0.515. The van der Waals surface area contributed by atoms with E-state index in [2.05, 4.69) is 15.1 Å². The van der Waals surface area contributed by atoms with Gasteiger partial charge in [-0.05, 0) is 12.8 Å². The fraction of sp³-hybridized carbons (Fsp3) is 0.500. The maximum Gasteiger partial charge on any atom is 0.350 e. The summed E-state index contributed by atoms with van der Waals surface area (Å²) in [6.45, 7) is 0. The lowest BCUT2D eigenvalue weighted by Crippen LogP contribution is -2.20. The predicted octanol–water partition coefficient (Wildman–Crippen LogP) is 1.71. The van der Waals surface area contributed by atoms with Gasteiger partial charge in [-0.25, -0.2) is 9.78 Å². The Morgan fingerprint density at radius 3 is 2.95 bits per heavy atom. The van der Waals surface area contributed by atoms with Crippen molar-refractivity contribution in [3.63, 3.8) is 0 Å². The van der Waals surface area contributed by atoms with Crippen LogP contribution in [0.25, 0.3) is 5.65 Å². The van der Waals surface area contributed by atoms with Crippen LogP contribution in [0.5, 0.6) is 0 Å². The summed E-state index contributed by atoms with van der Waals surface area (Å²) >= 11 is 1.60. The van der Waals surface area contributed by atoms with Gasteiger partial charge in [-0.2, -0.15) is 14.9 Å². The smallest absolute Gasteiger partial charge is 0.285 e. The van der Waals surface area contributed by atoms with E-state index >= 15 is 0 Å². The van der Waals surface area contributed by atoms with Gasteiger partial charge in [0.1, 0.15) is 11.6 Å². The third-order valence-corrected chi connectivity index (χ3v) is 4.53. The van der Waals surface area contributed by atoms with Gasteiger partial charge >= 0.3 is 5.69 Å². The Labute approximate surface area is 113 Å². The Bertz CT molecular complexity index is 692. The van der Waals surface area contributed by atoms with E-state index in [-0.39, 0.29) is 5.69 Å². The first-order valence-electron chi connectivity index (χ1n) is 6.33. The molecular formula is C12H13N5OS. The molecule has 1 N–H and O–H groups in total. The molecule has 2 aromatic heterocycles. The van der Waals surface area contributed by atoms with Crippen LogP contribution in [0.2, 0.25) is 0 Å². The Morgan fingerprint density at radius 2 is 2.21 bits per heavy atom. The number of hydrogen-bond donors (Lipinski definition) is 1. The number of fused-ring (bicyclic) bond motifs is 1. The zero-order valence-electron chi connectivity index (χ0n) is 10.3. The van der Waals surface area contributed by atoms with E-state index in [0.717, 1.165) is 17.4 Å². The standard InChI is InChI=1S/C12H13N5OS/c13-6-8-7-14-17-10(8)15-11(16-12(17)18)19-9-4-2-1-3-5-9/h7,9H,1-5H2,(H,15,16,18). The Balaban J connectivity index is 1.95. The highest BCUT2D eigenvalue weighted by molar-refractivity contribution is 7.99. The first kappa shape index (κ1) is 12.2. The van der Waals surface area contributed by atoms with Gasteiger partial charge < -0.3 is 0 Å². The van der Waals surface area contributed by atoms with Crippen LogP contribution in [0.3, 0.4) is 0 Å². The fourth-order valence-electron chi connectivity index (χ4n) is 2.34. The largest absolute Gasteiger partial charge is 0.350 e. The van der Waals surface area contributed by atoms with E-state index in [1.807, 2.05) is 6.07 Å². The molecule has 0 saturated heterocycles. The first-order valence-corrected chi connectivity index (χ1v) is 7.21. The van der Waals surface area contributed by atoms with Crippen LogP contribution < -0.4 is 5.69 Å². The van der Waals surface area contributed by atoms with E-state index in [4.69, 9.17) is 5.26 Å². The van der Waals surface area contributed by atoms with Crippen molar-refractivity contribution in [2.24, 2.45) is 0 Å². The molecule has 0 radical (unpaired) electrons. The van der Waals surface area contributed by atoms with Gasteiger partial charge in [-0.1, -0.05) is 31.0 Å². The first-order chi connectivity index (χ1) is 9.28. The topological polar surface area (TPSA) is 86.8 Å². The summed E-state index contributed by atoms with van der Waals surface area (Å²) in [5.74, 6) is 0. The molecule has 3 rings (SSSR count). The molecule has 19 heavy (non-hydrogen) atoms. The molecule has 6 nitrogen and oxygen atoms in total. The highest BCUT2D eigenvalue weighted by Crippen LogP contribution is 2.31. The SMILES string of the molecule is N#Cc1cnn2c(=O)[nH]c(SC3CCCCC3)nc12. The van der Waals surface area contributed by atoms with Crippen LogP contribution in [0.4, 0.5) is 0 Å². The van der Waals surface area contributed by atoms with Crippen molar-refractivity contribution in [1.29, 1.82) is 5.26 Å². The maximum absolute atomic E-state index is 11.9. The molecule has 0 spiro atoms. The molecule has 1 aliphatic carbocycles. The Kier molecular flexibility index (Phi) is 3.25. The van der Waals surface area contributed by atoms with E-state index in [9.17, 15) is 4.79 Å². The van der Waals surface area contributed by atoms with Gasteiger partial charge in [0.05, 0.1) is 6.20 Å². The normalized spacial score (nSPS) is 16.6. The summed E-state index contributed by atoms with van der Waals surface area (Å²) in [5, 5.41) is 13.9. The number of thioether (sulfide) groups is 1.